The van der Waals surface area contributed by atoms with Gasteiger partial charge in [0.2, 0.25) is 17.7 Å². The molecule has 2 aromatic rings. The molecule has 0 radical (unpaired) electrons. The molecule has 0 saturated carbocycles. The van der Waals surface area contributed by atoms with Crippen molar-refractivity contribution < 1.29 is 23.9 Å². The molecule has 4 atom stereocenters. The van der Waals surface area contributed by atoms with Gasteiger partial charge in [0.25, 0.3) is 0 Å². The van der Waals surface area contributed by atoms with Gasteiger partial charge in [0.05, 0.1) is 31.7 Å². The van der Waals surface area contributed by atoms with Crippen molar-refractivity contribution in [2.75, 3.05) is 31.0 Å². The Morgan fingerprint density at radius 3 is 2.50 bits per heavy atom. The summed E-state index contributed by atoms with van der Waals surface area (Å²) >= 11 is 0. The Morgan fingerprint density at radius 1 is 1.00 bits per heavy atom. The molecule has 6 rings (SSSR count). The lowest BCUT2D eigenvalue weighted by atomic mass is 9.75. The van der Waals surface area contributed by atoms with Gasteiger partial charge in [-0.2, -0.15) is 0 Å². The Labute approximate surface area is 197 Å². The lowest BCUT2D eigenvalue weighted by Gasteiger charge is -2.36. The van der Waals surface area contributed by atoms with Crippen LogP contribution in [-0.4, -0.2) is 49.4 Å². The summed E-state index contributed by atoms with van der Waals surface area (Å²) in [6, 6.07) is 8.91. The Bertz CT molecular complexity index is 1270. The third kappa shape index (κ3) is 2.39. The summed E-state index contributed by atoms with van der Waals surface area (Å²) in [5, 5.41) is 3.08. The largest absolute Gasteiger partial charge is 0.493 e. The Kier molecular flexibility index (Phi) is 4.39. The predicted octanol–water partition coefficient (Wildman–Crippen LogP) is 2.75. The molecular weight excluding hydrogens is 434 g/mol. The van der Waals surface area contributed by atoms with Crippen LogP contribution in [0, 0.1) is 25.7 Å². The molecule has 3 saturated heterocycles. The van der Waals surface area contributed by atoms with Gasteiger partial charge in [0.15, 0.2) is 11.5 Å². The highest BCUT2D eigenvalue weighted by molar-refractivity contribution is 6.26. The Balaban J connectivity index is 1.54. The zero-order valence-corrected chi connectivity index (χ0v) is 19.7. The quantitative estimate of drug-likeness (QED) is 0.708. The van der Waals surface area contributed by atoms with Crippen LogP contribution in [0.25, 0.3) is 0 Å². The minimum absolute atomic E-state index is 0.149. The van der Waals surface area contributed by atoms with Crippen LogP contribution < -0.4 is 19.7 Å². The van der Waals surface area contributed by atoms with Gasteiger partial charge in [0.1, 0.15) is 5.54 Å². The van der Waals surface area contributed by atoms with Crippen molar-refractivity contribution in [3.05, 3.63) is 47.0 Å². The van der Waals surface area contributed by atoms with E-state index in [1.807, 2.05) is 26.0 Å². The maximum atomic E-state index is 14.1. The van der Waals surface area contributed by atoms with Gasteiger partial charge >= 0.3 is 0 Å². The molecule has 2 aromatic carbocycles. The predicted molar refractivity (Wildman–Crippen MR) is 125 cm³/mol. The zero-order chi connectivity index (χ0) is 23.9. The second-order valence-corrected chi connectivity index (χ2v) is 9.68. The monoisotopic (exact) mass is 461 g/mol. The van der Waals surface area contributed by atoms with Gasteiger partial charge in [-0.25, -0.2) is 4.90 Å². The molecule has 0 bridgehead atoms. The standard InChI is InChI=1S/C26H27N3O5/c1-13-10-14(2)22-16(11-13)26(25(32)27-22)21-20(17-6-5-9-28(17)26)23(30)29(24(21)31)15-7-8-18(33-3)19(12-15)34-4/h7-8,10-12,17,20-21H,5-6,9H2,1-4H3,(H,27,32). The van der Waals surface area contributed by atoms with E-state index in [0.29, 0.717) is 23.7 Å². The first-order valence-electron chi connectivity index (χ1n) is 11.6. The molecule has 3 amide bonds. The molecule has 4 aliphatic rings. The maximum Gasteiger partial charge on any atom is 0.250 e. The number of fused-ring (bicyclic) bond motifs is 7. The first-order valence-corrected chi connectivity index (χ1v) is 11.6. The summed E-state index contributed by atoms with van der Waals surface area (Å²) in [7, 11) is 3.05. The fourth-order valence-corrected chi connectivity index (χ4v) is 6.88. The third-order valence-corrected chi connectivity index (χ3v) is 8.07. The molecule has 8 heteroatoms. The SMILES string of the molecule is COc1ccc(N2C(=O)C3C4CCCN4C4(C(=O)Nc5c(C)cc(C)cc54)C3C2=O)cc1OC. The first-order chi connectivity index (χ1) is 16.3. The Morgan fingerprint density at radius 2 is 1.76 bits per heavy atom. The van der Waals surface area contributed by atoms with Crippen LogP contribution in [0.15, 0.2) is 30.3 Å². The van der Waals surface area contributed by atoms with E-state index in [9.17, 15) is 14.4 Å². The minimum Gasteiger partial charge on any atom is -0.493 e. The van der Waals surface area contributed by atoms with Crippen LogP contribution >= 0.6 is 0 Å². The lowest BCUT2D eigenvalue weighted by molar-refractivity contribution is -0.135. The van der Waals surface area contributed by atoms with Gasteiger partial charge in [-0.05, 0) is 50.9 Å². The summed E-state index contributed by atoms with van der Waals surface area (Å²) in [5.41, 5.74) is 2.85. The van der Waals surface area contributed by atoms with Crippen LogP contribution in [0.5, 0.6) is 11.5 Å². The normalized spacial score (nSPS) is 29.5. The van der Waals surface area contributed by atoms with Crippen molar-refractivity contribution in [1.29, 1.82) is 0 Å². The number of carbonyl (C=O) groups excluding carboxylic acids is 3. The minimum atomic E-state index is -1.17. The number of rotatable bonds is 3. The van der Waals surface area contributed by atoms with Crippen LogP contribution in [-0.2, 0) is 19.9 Å². The summed E-state index contributed by atoms with van der Waals surface area (Å²) < 4.78 is 10.7. The van der Waals surface area contributed by atoms with Crippen LogP contribution in [0.1, 0.15) is 29.5 Å². The second kappa shape index (κ2) is 7.06. The van der Waals surface area contributed by atoms with Crippen molar-refractivity contribution in [2.45, 2.75) is 38.3 Å². The van der Waals surface area contributed by atoms with Gasteiger partial charge in [0, 0.05) is 23.4 Å². The third-order valence-electron chi connectivity index (χ3n) is 8.07. The van der Waals surface area contributed by atoms with Crippen molar-refractivity contribution in [2.24, 2.45) is 11.8 Å². The topological polar surface area (TPSA) is 88.2 Å². The molecule has 4 heterocycles. The number of carbonyl (C=O) groups is 3. The maximum absolute atomic E-state index is 14.1. The van der Waals surface area contributed by atoms with Crippen molar-refractivity contribution >= 4 is 29.1 Å². The van der Waals surface area contributed by atoms with Crippen LogP contribution in [0.3, 0.4) is 0 Å². The highest BCUT2D eigenvalue weighted by Crippen LogP contribution is 2.61. The fourth-order valence-electron chi connectivity index (χ4n) is 6.88. The number of amides is 3. The summed E-state index contributed by atoms with van der Waals surface area (Å²) in [5.74, 6) is -1.18. The molecule has 0 aromatic heterocycles. The zero-order valence-electron chi connectivity index (χ0n) is 19.7. The smallest absolute Gasteiger partial charge is 0.250 e. The average molecular weight is 462 g/mol. The number of nitrogens with one attached hydrogen (secondary N) is 1. The van der Waals surface area contributed by atoms with E-state index in [1.165, 1.54) is 19.1 Å². The number of anilines is 2. The molecule has 0 aliphatic carbocycles. The van der Waals surface area contributed by atoms with E-state index < -0.39 is 17.4 Å². The molecule has 1 spiro atoms. The van der Waals surface area contributed by atoms with Crippen LogP contribution in [0.2, 0.25) is 0 Å². The van der Waals surface area contributed by atoms with Gasteiger partial charge in [-0.1, -0.05) is 17.7 Å². The highest BCUT2D eigenvalue weighted by atomic mass is 16.5. The van der Waals surface area contributed by atoms with Crippen LogP contribution in [0.4, 0.5) is 11.4 Å². The molecule has 1 N–H and O–H groups in total. The van der Waals surface area contributed by atoms with Crippen molar-refractivity contribution in [3.63, 3.8) is 0 Å². The molecule has 34 heavy (non-hydrogen) atoms. The number of imide groups is 1. The molecule has 4 unspecified atom stereocenters. The average Bonchev–Trinajstić information content (AvgIpc) is 3.52. The van der Waals surface area contributed by atoms with E-state index in [1.54, 1.807) is 18.2 Å². The summed E-state index contributed by atoms with van der Waals surface area (Å²) in [6.45, 7) is 4.65. The van der Waals surface area contributed by atoms with E-state index in [4.69, 9.17) is 9.47 Å². The van der Waals surface area contributed by atoms with Crippen molar-refractivity contribution in [1.82, 2.24) is 4.90 Å². The molecule has 4 aliphatic heterocycles. The number of hydrogen-bond donors (Lipinski definition) is 1. The fraction of sp³-hybridized carbons (Fsp3) is 0.423. The molecule has 8 nitrogen and oxygen atoms in total. The van der Waals surface area contributed by atoms with Gasteiger partial charge < -0.3 is 14.8 Å². The number of aryl methyl sites for hydroxylation is 2. The van der Waals surface area contributed by atoms with Gasteiger partial charge in [-0.3, -0.25) is 19.3 Å². The Hall–Kier alpha value is -3.39. The summed E-state index contributed by atoms with van der Waals surface area (Å²) in [4.78, 5) is 45.2. The number of nitrogens with zero attached hydrogens (tertiary/aromatic N) is 2. The van der Waals surface area contributed by atoms with E-state index in [2.05, 4.69) is 10.2 Å². The highest BCUT2D eigenvalue weighted by Gasteiger charge is 2.74. The number of hydrogen-bond acceptors (Lipinski definition) is 6. The summed E-state index contributed by atoms with van der Waals surface area (Å²) in [6.07, 6.45) is 1.68. The molecular formula is C26H27N3O5. The molecule has 3 fully saturated rings. The number of ether oxygens (including phenoxy) is 2. The number of methoxy groups -OCH3 is 2. The van der Waals surface area contributed by atoms with Gasteiger partial charge in [-0.15, -0.1) is 0 Å². The molecule has 176 valence electrons. The lowest BCUT2D eigenvalue weighted by Crippen LogP contribution is -2.54. The first kappa shape index (κ1) is 21.2. The second-order valence-electron chi connectivity index (χ2n) is 9.68. The van der Waals surface area contributed by atoms with E-state index in [0.717, 1.165) is 35.2 Å². The van der Waals surface area contributed by atoms with E-state index >= 15 is 0 Å². The van der Waals surface area contributed by atoms with E-state index in [-0.39, 0.29) is 23.8 Å². The number of benzene rings is 2. The van der Waals surface area contributed by atoms with Crippen molar-refractivity contribution in [3.8, 4) is 11.5 Å².